The summed E-state index contributed by atoms with van der Waals surface area (Å²) in [7, 11) is 0. The van der Waals surface area contributed by atoms with E-state index in [0.29, 0.717) is 31.2 Å². The van der Waals surface area contributed by atoms with Crippen molar-refractivity contribution in [3.8, 4) is 0 Å². The van der Waals surface area contributed by atoms with Crippen molar-refractivity contribution in [3.05, 3.63) is 35.4 Å². The monoisotopic (exact) mass is 251 g/mol. The van der Waals surface area contributed by atoms with Gasteiger partial charge in [0.2, 0.25) is 11.7 Å². The Morgan fingerprint density at radius 1 is 1.56 bits per heavy atom. The SMILES string of the molecule is Cc1oc(C(=O)O)cc1CNCCc1ncno1. The van der Waals surface area contributed by atoms with Crippen molar-refractivity contribution in [2.75, 3.05) is 6.54 Å². The van der Waals surface area contributed by atoms with Crippen LogP contribution in [-0.4, -0.2) is 27.8 Å². The largest absolute Gasteiger partial charge is 0.475 e. The van der Waals surface area contributed by atoms with E-state index < -0.39 is 5.97 Å². The molecule has 2 heterocycles. The normalized spacial score (nSPS) is 10.7. The second kappa shape index (κ2) is 5.46. The van der Waals surface area contributed by atoms with Gasteiger partial charge in [0.15, 0.2) is 6.33 Å². The van der Waals surface area contributed by atoms with E-state index in [1.165, 1.54) is 12.4 Å². The molecule has 18 heavy (non-hydrogen) atoms. The smallest absolute Gasteiger partial charge is 0.371 e. The lowest BCUT2D eigenvalue weighted by molar-refractivity contribution is 0.0661. The zero-order chi connectivity index (χ0) is 13.0. The Morgan fingerprint density at radius 2 is 2.39 bits per heavy atom. The average Bonchev–Trinajstić information content (AvgIpc) is 2.94. The van der Waals surface area contributed by atoms with Crippen LogP contribution in [-0.2, 0) is 13.0 Å². The van der Waals surface area contributed by atoms with Crippen molar-refractivity contribution < 1.29 is 18.8 Å². The van der Waals surface area contributed by atoms with E-state index >= 15 is 0 Å². The predicted molar refractivity (Wildman–Crippen MR) is 60.1 cm³/mol. The number of hydrogen-bond acceptors (Lipinski definition) is 6. The molecular formula is C11H13N3O4. The van der Waals surface area contributed by atoms with Gasteiger partial charge in [0.25, 0.3) is 0 Å². The summed E-state index contributed by atoms with van der Waals surface area (Å²) >= 11 is 0. The molecule has 0 aliphatic rings. The Kier molecular flexibility index (Phi) is 3.73. The van der Waals surface area contributed by atoms with Crippen LogP contribution < -0.4 is 5.32 Å². The third-order valence-corrected chi connectivity index (χ3v) is 2.47. The summed E-state index contributed by atoms with van der Waals surface area (Å²) in [5.74, 6) is 0.0757. The highest BCUT2D eigenvalue weighted by Gasteiger charge is 2.12. The van der Waals surface area contributed by atoms with Gasteiger partial charge in [-0.15, -0.1) is 0 Å². The number of rotatable bonds is 6. The molecule has 0 radical (unpaired) electrons. The Morgan fingerprint density at radius 3 is 3.00 bits per heavy atom. The topological polar surface area (TPSA) is 101 Å². The minimum atomic E-state index is -1.06. The van der Waals surface area contributed by atoms with Crippen LogP contribution in [0.5, 0.6) is 0 Å². The van der Waals surface area contributed by atoms with E-state index in [2.05, 4.69) is 15.5 Å². The summed E-state index contributed by atoms with van der Waals surface area (Å²) < 4.78 is 9.95. The molecule has 0 aromatic carbocycles. The molecule has 0 spiro atoms. The minimum Gasteiger partial charge on any atom is -0.475 e. The van der Waals surface area contributed by atoms with Crippen molar-refractivity contribution in [1.29, 1.82) is 0 Å². The predicted octanol–water partition coefficient (Wildman–Crippen LogP) is 1.00. The van der Waals surface area contributed by atoms with Gasteiger partial charge in [-0.2, -0.15) is 4.98 Å². The molecule has 7 heteroatoms. The average molecular weight is 251 g/mol. The second-order valence-electron chi connectivity index (χ2n) is 3.76. The Hall–Kier alpha value is -2.15. The van der Waals surface area contributed by atoms with Crippen molar-refractivity contribution in [2.24, 2.45) is 0 Å². The quantitative estimate of drug-likeness (QED) is 0.738. The Labute approximate surface area is 103 Å². The zero-order valence-corrected chi connectivity index (χ0v) is 9.84. The van der Waals surface area contributed by atoms with Crippen LogP contribution in [0.1, 0.15) is 27.8 Å². The Bertz CT molecular complexity index is 518. The molecule has 0 atom stereocenters. The van der Waals surface area contributed by atoms with Gasteiger partial charge < -0.3 is 19.4 Å². The van der Waals surface area contributed by atoms with E-state index in [0.717, 1.165) is 5.56 Å². The number of aromatic nitrogens is 2. The number of aryl methyl sites for hydroxylation is 1. The first kappa shape index (κ1) is 12.3. The van der Waals surface area contributed by atoms with E-state index in [1.807, 2.05) is 0 Å². The standard InChI is InChI=1S/C11H13N3O4/c1-7-8(4-9(17-7)11(15)16)5-12-3-2-10-13-6-14-18-10/h4,6,12H,2-3,5H2,1H3,(H,15,16). The van der Waals surface area contributed by atoms with Crippen LogP contribution in [0.15, 0.2) is 21.3 Å². The Balaban J connectivity index is 1.81. The van der Waals surface area contributed by atoms with Gasteiger partial charge in [-0.05, 0) is 13.0 Å². The van der Waals surface area contributed by atoms with Gasteiger partial charge in [-0.1, -0.05) is 5.16 Å². The van der Waals surface area contributed by atoms with Crippen molar-refractivity contribution >= 4 is 5.97 Å². The summed E-state index contributed by atoms with van der Waals surface area (Å²) in [6.45, 7) is 2.94. The molecule has 0 saturated carbocycles. The lowest BCUT2D eigenvalue weighted by atomic mass is 10.2. The van der Waals surface area contributed by atoms with Crippen LogP contribution in [0, 0.1) is 6.92 Å². The van der Waals surface area contributed by atoms with Gasteiger partial charge >= 0.3 is 5.97 Å². The molecule has 0 bridgehead atoms. The molecule has 0 fully saturated rings. The first-order chi connectivity index (χ1) is 8.66. The minimum absolute atomic E-state index is 0.0406. The molecule has 0 amide bonds. The van der Waals surface area contributed by atoms with E-state index in [1.54, 1.807) is 6.92 Å². The van der Waals surface area contributed by atoms with Crippen LogP contribution in [0.2, 0.25) is 0 Å². The molecule has 96 valence electrons. The fourth-order valence-corrected chi connectivity index (χ4v) is 1.53. The van der Waals surface area contributed by atoms with Crippen molar-refractivity contribution in [1.82, 2.24) is 15.5 Å². The fraction of sp³-hybridized carbons (Fsp3) is 0.364. The number of nitrogens with one attached hydrogen (secondary N) is 1. The maximum Gasteiger partial charge on any atom is 0.371 e. The third kappa shape index (κ3) is 2.95. The number of nitrogens with zero attached hydrogens (tertiary/aromatic N) is 2. The molecule has 0 aliphatic carbocycles. The molecule has 2 rings (SSSR count). The maximum absolute atomic E-state index is 10.7. The van der Waals surface area contributed by atoms with Gasteiger partial charge in [0, 0.05) is 25.1 Å². The van der Waals surface area contributed by atoms with Gasteiger partial charge in [-0.25, -0.2) is 4.79 Å². The number of carbonyl (C=O) groups is 1. The van der Waals surface area contributed by atoms with E-state index in [4.69, 9.17) is 14.0 Å². The van der Waals surface area contributed by atoms with Crippen LogP contribution in [0.3, 0.4) is 0 Å². The van der Waals surface area contributed by atoms with Crippen molar-refractivity contribution in [2.45, 2.75) is 19.9 Å². The maximum atomic E-state index is 10.7. The number of carboxylic acid groups (broad SMARTS) is 1. The number of hydrogen-bond donors (Lipinski definition) is 2. The zero-order valence-electron chi connectivity index (χ0n) is 9.84. The summed E-state index contributed by atoms with van der Waals surface area (Å²) in [6.07, 6.45) is 1.98. The van der Waals surface area contributed by atoms with Crippen molar-refractivity contribution in [3.63, 3.8) is 0 Å². The number of furan rings is 1. The molecule has 2 aromatic rings. The molecule has 0 aliphatic heterocycles. The molecule has 7 nitrogen and oxygen atoms in total. The molecule has 2 aromatic heterocycles. The first-order valence-electron chi connectivity index (χ1n) is 5.45. The van der Waals surface area contributed by atoms with Gasteiger partial charge in [-0.3, -0.25) is 0 Å². The molecular weight excluding hydrogens is 238 g/mol. The lowest BCUT2D eigenvalue weighted by Crippen LogP contribution is -2.16. The lowest BCUT2D eigenvalue weighted by Gasteiger charge is -2.00. The molecule has 0 unspecified atom stereocenters. The fourth-order valence-electron chi connectivity index (χ4n) is 1.53. The van der Waals surface area contributed by atoms with Crippen LogP contribution in [0.4, 0.5) is 0 Å². The van der Waals surface area contributed by atoms with Crippen LogP contribution >= 0.6 is 0 Å². The van der Waals surface area contributed by atoms with Crippen LogP contribution in [0.25, 0.3) is 0 Å². The highest BCUT2D eigenvalue weighted by molar-refractivity contribution is 5.84. The summed E-state index contributed by atoms with van der Waals surface area (Å²) in [5.41, 5.74) is 0.831. The van der Waals surface area contributed by atoms with Gasteiger partial charge in [0.05, 0.1) is 0 Å². The van der Waals surface area contributed by atoms with Gasteiger partial charge in [0.1, 0.15) is 5.76 Å². The summed E-state index contributed by atoms with van der Waals surface area (Å²) in [5, 5.41) is 15.4. The molecule has 2 N–H and O–H groups in total. The van der Waals surface area contributed by atoms with E-state index in [9.17, 15) is 4.79 Å². The summed E-state index contributed by atoms with van der Waals surface area (Å²) in [6, 6.07) is 1.53. The summed E-state index contributed by atoms with van der Waals surface area (Å²) in [4.78, 5) is 14.6. The first-order valence-corrected chi connectivity index (χ1v) is 5.45. The highest BCUT2D eigenvalue weighted by Crippen LogP contribution is 2.14. The second-order valence-corrected chi connectivity index (χ2v) is 3.76. The number of carboxylic acids is 1. The highest BCUT2D eigenvalue weighted by atomic mass is 16.5. The number of aromatic carboxylic acids is 1. The van der Waals surface area contributed by atoms with E-state index in [-0.39, 0.29) is 5.76 Å². The molecule has 0 saturated heterocycles. The third-order valence-electron chi connectivity index (χ3n) is 2.47.